The van der Waals surface area contributed by atoms with Crippen molar-refractivity contribution in [3.63, 3.8) is 0 Å². The quantitative estimate of drug-likeness (QED) is 0.691. The Kier molecular flexibility index (Phi) is 5.92. The normalized spacial score (nSPS) is 21.0. The van der Waals surface area contributed by atoms with Crippen LogP contribution in [0.1, 0.15) is 59.2 Å². The standard InChI is InChI=1S/C21H33N7O2/c1-15-17(16(2)26(3)24-15)13-27-10-7-21(8-11-27)6-5-19(21)28-14-18(23-25-28)20(29)22-9-12-30-4/h14,19H,5-13H2,1-4H3,(H,22,29). The van der Waals surface area contributed by atoms with Gasteiger partial charge in [0.05, 0.1) is 24.5 Å². The van der Waals surface area contributed by atoms with Crippen LogP contribution in [0.2, 0.25) is 0 Å². The first-order valence-corrected chi connectivity index (χ1v) is 10.8. The van der Waals surface area contributed by atoms with E-state index in [0.717, 1.165) is 44.6 Å². The molecule has 0 bridgehead atoms. The third-order valence-corrected chi connectivity index (χ3v) is 7.17. The van der Waals surface area contributed by atoms with E-state index in [1.54, 1.807) is 7.11 Å². The van der Waals surface area contributed by atoms with E-state index >= 15 is 0 Å². The Morgan fingerprint density at radius 1 is 1.30 bits per heavy atom. The highest BCUT2D eigenvalue weighted by Gasteiger charge is 2.49. The molecule has 9 nitrogen and oxygen atoms in total. The number of hydrogen-bond acceptors (Lipinski definition) is 6. The largest absolute Gasteiger partial charge is 0.383 e. The molecule has 2 fully saturated rings. The second kappa shape index (κ2) is 8.47. The number of ether oxygens (including phenoxy) is 1. The summed E-state index contributed by atoms with van der Waals surface area (Å²) in [5.74, 6) is -0.191. The van der Waals surface area contributed by atoms with Crippen LogP contribution in [0, 0.1) is 19.3 Å². The van der Waals surface area contributed by atoms with Crippen molar-refractivity contribution in [2.45, 2.75) is 52.1 Å². The summed E-state index contributed by atoms with van der Waals surface area (Å²) in [6.45, 7) is 8.36. The van der Waals surface area contributed by atoms with Crippen molar-refractivity contribution in [3.8, 4) is 0 Å². The predicted molar refractivity (Wildman–Crippen MR) is 112 cm³/mol. The second-order valence-electron chi connectivity index (χ2n) is 8.80. The minimum absolute atomic E-state index is 0.191. The van der Waals surface area contributed by atoms with Crippen LogP contribution in [0.3, 0.4) is 0 Å². The fraction of sp³-hybridized carbons (Fsp3) is 0.714. The molecule has 1 unspecified atom stereocenters. The maximum absolute atomic E-state index is 12.2. The van der Waals surface area contributed by atoms with Crippen molar-refractivity contribution in [2.24, 2.45) is 12.5 Å². The monoisotopic (exact) mass is 415 g/mol. The maximum Gasteiger partial charge on any atom is 0.273 e. The number of hydrogen-bond donors (Lipinski definition) is 1. The summed E-state index contributed by atoms with van der Waals surface area (Å²) in [5, 5.41) is 15.8. The molecule has 1 saturated carbocycles. The van der Waals surface area contributed by atoms with Gasteiger partial charge in [0.2, 0.25) is 0 Å². The molecule has 2 aliphatic rings. The Bertz CT molecular complexity index is 895. The minimum atomic E-state index is -0.191. The molecule has 1 N–H and O–H groups in total. The number of amides is 1. The molecule has 30 heavy (non-hydrogen) atoms. The maximum atomic E-state index is 12.2. The molecule has 3 heterocycles. The second-order valence-corrected chi connectivity index (χ2v) is 8.80. The molecule has 2 aromatic heterocycles. The Hall–Kier alpha value is -2.26. The zero-order valence-corrected chi connectivity index (χ0v) is 18.5. The van der Waals surface area contributed by atoms with Gasteiger partial charge in [-0.2, -0.15) is 5.10 Å². The topological polar surface area (TPSA) is 90.1 Å². The fourth-order valence-electron chi connectivity index (χ4n) is 4.99. The van der Waals surface area contributed by atoms with Crippen molar-refractivity contribution < 1.29 is 9.53 Å². The van der Waals surface area contributed by atoms with Crippen molar-refractivity contribution >= 4 is 5.91 Å². The Morgan fingerprint density at radius 3 is 2.67 bits per heavy atom. The van der Waals surface area contributed by atoms with E-state index in [0.29, 0.717) is 24.9 Å². The number of rotatable bonds is 7. The van der Waals surface area contributed by atoms with Crippen LogP contribution in [0.15, 0.2) is 6.20 Å². The molecule has 1 aliphatic heterocycles. The summed E-state index contributed by atoms with van der Waals surface area (Å²) in [4.78, 5) is 14.8. The first kappa shape index (κ1) is 21.0. The number of likely N-dealkylation sites (tertiary alicyclic amines) is 1. The van der Waals surface area contributed by atoms with Gasteiger partial charge in [-0.05, 0) is 58.0 Å². The molecule has 1 atom stereocenters. The number of piperidine rings is 1. The smallest absolute Gasteiger partial charge is 0.273 e. The molecule has 0 radical (unpaired) electrons. The van der Waals surface area contributed by atoms with E-state index < -0.39 is 0 Å². The molecule has 0 aromatic carbocycles. The van der Waals surface area contributed by atoms with Crippen molar-refractivity contribution in [3.05, 3.63) is 28.8 Å². The molecule has 9 heteroatoms. The molecule has 4 rings (SSSR count). The number of methoxy groups -OCH3 is 1. The predicted octanol–water partition coefficient (Wildman–Crippen LogP) is 1.62. The summed E-state index contributed by atoms with van der Waals surface area (Å²) >= 11 is 0. The highest BCUT2D eigenvalue weighted by molar-refractivity contribution is 5.91. The number of carbonyl (C=O) groups is 1. The van der Waals surface area contributed by atoms with Crippen LogP contribution in [-0.2, 0) is 18.3 Å². The number of aryl methyl sites for hydroxylation is 2. The molecule has 1 amide bonds. The van der Waals surface area contributed by atoms with Gasteiger partial charge in [0, 0.05) is 38.5 Å². The van der Waals surface area contributed by atoms with Gasteiger partial charge < -0.3 is 10.1 Å². The Labute approximate surface area is 177 Å². The Morgan fingerprint density at radius 2 is 2.07 bits per heavy atom. The lowest BCUT2D eigenvalue weighted by Crippen LogP contribution is -2.49. The number of nitrogens with one attached hydrogen (secondary N) is 1. The summed E-state index contributed by atoms with van der Waals surface area (Å²) < 4.78 is 8.88. The molecular formula is C21H33N7O2. The summed E-state index contributed by atoms with van der Waals surface area (Å²) in [7, 11) is 3.63. The van der Waals surface area contributed by atoms with Gasteiger partial charge in [-0.3, -0.25) is 14.4 Å². The minimum Gasteiger partial charge on any atom is -0.383 e. The average molecular weight is 416 g/mol. The highest BCUT2D eigenvalue weighted by Crippen LogP contribution is 2.56. The van der Waals surface area contributed by atoms with Crippen molar-refractivity contribution in [2.75, 3.05) is 33.4 Å². The van der Waals surface area contributed by atoms with Crippen molar-refractivity contribution in [1.82, 2.24) is 35.0 Å². The lowest BCUT2D eigenvalue weighted by molar-refractivity contribution is -0.0334. The van der Waals surface area contributed by atoms with Crippen LogP contribution in [0.25, 0.3) is 0 Å². The summed E-state index contributed by atoms with van der Waals surface area (Å²) in [5.41, 5.74) is 4.42. The molecule has 1 aliphatic carbocycles. The lowest BCUT2D eigenvalue weighted by atomic mass is 9.59. The third-order valence-electron chi connectivity index (χ3n) is 7.17. The van der Waals surface area contributed by atoms with E-state index in [1.165, 1.54) is 17.7 Å². The first-order chi connectivity index (χ1) is 14.4. The van der Waals surface area contributed by atoms with Gasteiger partial charge in [0.1, 0.15) is 0 Å². The van der Waals surface area contributed by atoms with Gasteiger partial charge in [-0.25, -0.2) is 4.68 Å². The average Bonchev–Trinajstić information content (AvgIpc) is 3.28. The molecule has 1 spiro atoms. The van der Waals surface area contributed by atoms with E-state index in [4.69, 9.17) is 4.74 Å². The third kappa shape index (κ3) is 3.88. The van der Waals surface area contributed by atoms with Crippen LogP contribution in [-0.4, -0.2) is 68.9 Å². The highest BCUT2D eigenvalue weighted by atomic mass is 16.5. The van der Waals surface area contributed by atoms with Gasteiger partial charge in [-0.15, -0.1) is 5.10 Å². The van der Waals surface area contributed by atoms with Crippen molar-refractivity contribution in [1.29, 1.82) is 0 Å². The summed E-state index contributed by atoms with van der Waals surface area (Å²) in [6.07, 6.45) is 6.46. The van der Waals surface area contributed by atoms with E-state index in [-0.39, 0.29) is 11.3 Å². The van der Waals surface area contributed by atoms with Gasteiger partial charge in [0.25, 0.3) is 5.91 Å². The molecule has 1 saturated heterocycles. The first-order valence-electron chi connectivity index (χ1n) is 10.8. The number of aromatic nitrogens is 5. The number of nitrogens with zero attached hydrogens (tertiary/aromatic N) is 6. The van der Waals surface area contributed by atoms with Gasteiger partial charge in [-0.1, -0.05) is 5.21 Å². The number of carbonyl (C=O) groups excluding carboxylic acids is 1. The molecule has 2 aromatic rings. The Balaban J connectivity index is 1.35. The van der Waals surface area contributed by atoms with E-state index in [1.807, 2.05) is 22.6 Å². The van der Waals surface area contributed by atoms with E-state index in [9.17, 15) is 4.79 Å². The lowest BCUT2D eigenvalue weighted by Gasteiger charge is -2.53. The molecule has 164 valence electrons. The van der Waals surface area contributed by atoms with Crippen LogP contribution in [0.5, 0.6) is 0 Å². The zero-order valence-electron chi connectivity index (χ0n) is 18.5. The summed E-state index contributed by atoms with van der Waals surface area (Å²) in [6, 6.07) is 0.342. The van der Waals surface area contributed by atoms with Gasteiger partial charge in [0.15, 0.2) is 5.69 Å². The van der Waals surface area contributed by atoms with Crippen LogP contribution in [0.4, 0.5) is 0 Å². The fourth-order valence-corrected chi connectivity index (χ4v) is 4.99. The zero-order chi connectivity index (χ0) is 21.3. The van der Waals surface area contributed by atoms with E-state index in [2.05, 4.69) is 39.5 Å². The van der Waals surface area contributed by atoms with Crippen LogP contribution >= 0.6 is 0 Å². The SMILES string of the molecule is COCCNC(=O)c1cn(C2CCC23CCN(Cc2c(C)nn(C)c2C)CC3)nn1. The van der Waals surface area contributed by atoms with Crippen LogP contribution < -0.4 is 5.32 Å². The van der Waals surface area contributed by atoms with Gasteiger partial charge >= 0.3 is 0 Å². The molecular weight excluding hydrogens is 382 g/mol.